The normalized spacial score (nSPS) is 10.8. The highest BCUT2D eigenvalue weighted by Gasteiger charge is 2.23. The first-order chi connectivity index (χ1) is 14.5. The fraction of sp³-hybridized carbons (Fsp3) is 0.0833. The maximum absolute atomic E-state index is 13.4. The zero-order valence-electron chi connectivity index (χ0n) is 16.3. The number of aromatic nitrogens is 2. The van der Waals surface area contributed by atoms with Crippen molar-refractivity contribution in [3.63, 3.8) is 0 Å². The van der Waals surface area contributed by atoms with E-state index < -0.39 is 0 Å². The topological polar surface area (TPSA) is 38.1 Å². The molecule has 0 fully saturated rings. The molecule has 0 saturated carbocycles. The van der Waals surface area contributed by atoms with Crippen molar-refractivity contribution in [2.45, 2.75) is 13.5 Å². The monoisotopic (exact) mass is 435 g/mol. The molecule has 4 aromatic rings. The summed E-state index contributed by atoms with van der Waals surface area (Å²) in [4.78, 5) is 15.0. The number of anilines is 1. The van der Waals surface area contributed by atoms with Crippen LogP contribution in [0.25, 0.3) is 5.69 Å². The number of carbonyl (C=O) groups is 1. The second kappa shape index (κ2) is 8.74. The van der Waals surface area contributed by atoms with Gasteiger partial charge in [0.05, 0.1) is 17.9 Å². The van der Waals surface area contributed by atoms with Crippen LogP contribution in [0.2, 0.25) is 10.2 Å². The third-order valence-electron chi connectivity index (χ3n) is 4.84. The molecule has 0 bridgehead atoms. The second-order valence-corrected chi connectivity index (χ2v) is 7.63. The molecule has 1 heterocycles. The van der Waals surface area contributed by atoms with Crippen LogP contribution in [0.1, 0.15) is 21.6 Å². The minimum atomic E-state index is -0.124. The molecule has 0 saturated heterocycles. The standard InChI is InChI=1S/C24H19Cl2N3O/c1-17-22(23(26)29(27-17)21-10-6-3-7-11-21)16-28(20-14-12-19(25)13-15-20)24(30)18-8-4-2-5-9-18/h2-15H,16H2,1H3. The zero-order chi connectivity index (χ0) is 21.1. The van der Waals surface area contributed by atoms with Crippen molar-refractivity contribution in [2.24, 2.45) is 0 Å². The van der Waals surface area contributed by atoms with Gasteiger partial charge in [-0.25, -0.2) is 4.68 Å². The van der Waals surface area contributed by atoms with Gasteiger partial charge < -0.3 is 4.90 Å². The first kappa shape index (κ1) is 20.2. The zero-order valence-corrected chi connectivity index (χ0v) is 17.8. The molecule has 1 aromatic heterocycles. The molecule has 0 N–H and O–H groups in total. The van der Waals surface area contributed by atoms with Crippen molar-refractivity contribution in [3.8, 4) is 5.69 Å². The SMILES string of the molecule is Cc1nn(-c2ccccc2)c(Cl)c1CN(C(=O)c1ccccc1)c1ccc(Cl)cc1. The van der Waals surface area contributed by atoms with Gasteiger partial charge in [0.15, 0.2) is 0 Å². The minimum Gasteiger partial charge on any atom is -0.304 e. The molecule has 4 rings (SSSR count). The van der Waals surface area contributed by atoms with E-state index in [-0.39, 0.29) is 12.5 Å². The Hall–Kier alpha value is -3.08. The molecule has 0 radical (unpaired) electrons. The van der Waals surface area contributed by atoms with Gasteiger partial charge in [-0.2, -0.15) is 5.10 Å². The highest BCUT2D eigenvalue weighted by atomic mass is 35.5. The van der Waals surface area contributed by atoms with E-state index in [1.165, 1.54) is 0 Å². The van der Waals surface area contributed by atoms with Gasteiger partial charge in [0.1, 0.15) is 5.15 Å². The first-order valence-corrected chi connectivity index (χ1v) is 10.2. The van der Waals surface area contributed by atoms with E-state index in [9.17, 15) is 4.79 Å². The van der Waals surface area contributed by atoms with Crippen LogP contribution in [0.3, 0.4) is 0 Å². The molecule has 0 spiro atoms. The number of rotatable bonds is 5. The van der Waals surface area contributed by atoms with Crippen LogP contribution in [-0.4, -0.2) is 15.7 Å². The molecule has 0 aliphatic carbocycles. The van der Waals surface area contributed by atoms with Crippen LogP contribution in [0.5, 0.6) is 0 Å². The quantitative estimate of drug-likeness (QED) is 0.367. The summed E-state index contributed by atoms with van der Waals surface area (Å²) in [5.74, 6) is -0.124. The lowest BCUT2D eigenvalue weighted by molar-refractivity contribution is 0.0985. The van der Waals surface area contributed by atoms with Crippen molar-refractivity contribution in [1.29, 1.82) is 0 Å². The van der Waals surface area contributed by atoms with Crippen molar-refractivity contribution in [2.75, 3.05) is 4.90 Å². The van der Waals surface area contributed by atoms with Gasteiger partial charge in [0.25, 0.3) is 5.91 Å². The van der Waals surface area contributed by atoms with E-state index in [2.05, 4.69) is 5.10 Å². The number of carbonyl (C=O) groups excluding carboxylic acids is 1. The second-order valence-electron chi connectivity index (χ2n) is 6.84. The molecule has 0 atom stereocenters. The molecule has 4 nitrogen and oxygen atoms in total. The molecule has 3 aromatic carbocycles. The largest absolute Gasteiger partial charge is 0.304 e. The van der Waals surface area contributed by atoms with E-state index in [1.807, 2.05) is 67.6 Å². The van der Waals surface area contributed by atoms with Crippen molar-refractivity contribution in [1.82, 2.24) is 9.78 Å². The smallest absolute Gasteiger partial charge is 0.258 e. The molecule has 150 valence electrons. The first-order valence-electron chi connectivity index (χ1n) is 9.46. The average Bonchev–Trinajstić information content (AvgIpc) is 3.07. The molecule has 0 unspecified atom stereocenters. The summed E-state index contributed by atoms with van der Waals surface area (Å²) >= 11 is 12.8. The molecule has 0 aliphatic heterocycles. The van der Waals surface area contributed by atoms with Crippen LogP contribution in [0, 0.1) is 6.92 Å². The van der Waals surface area contributed by atoms with Gasteiger partial charge in [0, 0.05) is 21.8 Å². The molecule has 30 heavy (non-hydrogen) atoms. The summed E-state index contributed by atoms with van der Waals surface area (Å²) in [6, 6.07) is 26.0. The number of hydrogen-bond donors (Lipinski definition) is 0. The summed E-state index contributed by atoms with van der Waals surface area (Å²) in [7, 11) is 0. The average molecular weight is 436 g/mol. The van der Waals surface area contributed by atoms with E-state index in [1.54, 1.807) is 33.8 Å². The number of nitrogens with zero attached hydrogens (tertiary/aromatic N) is 3. The van der Waals surface area contributed by atoms with E-state index in [0.29, 0.717) is 15.7 Å². The Kier molecular flexibility index (Phi) is 5.88. The predicted octanol–water partition coefficient (Wildman–Crippen LogP) is 6.33. The van der Waals surface area contributed by atoms with Gasteiger partial charge in [0.2, 0.25) is 0 Å². The van der Waals surface area contributed by atoms with Crippen LogP contribution in [-0.2, 0) is 6.54 Å². The maximum Gasteiger partial charge on any atom is 0.258 e. The number of halogens is 2. The van der Waals surface area contributed by atoms with Gasteiger partial charge in [-0.3, -0.25) is 4.79 Å². The van der Waals surface area contributed by atoms with Gasteiger partial charge in [-0.15, -0.1) is 0 Å². The Morgan fingerprint density at radius 1 is 0.900 bits per heavy atom. The van der Waals surface area contributed by atoms with Crippen molar-refractivity contribution < 1.29 is 4.79 Å². The highest BCUT2D eigenvalue weighted by molar-refractivity contribution is 6.31. The van der Waals surface area contributed by atoms with Gasteiger partial charge >= 0.3 is 0 Å². The summed E-state index contributed by atoms with van der Waals surface area (Å²) < 4.78 is 1.69. The number of aryl methyl sites for hydroxylation is 1. The molecular formula is C24H19Cl2N3O. The number of amides is 1. The summed E-state index contributed by atoms with van der Waals surface area (Å²) in [6.07, 6.45) is 0. The van der Waals surface area contributed by atoms with E-state index >= 15 is 0 Å². The summed E-state index contributed by atoms with van der Waals surface area (Å²) in [5, 5.41) is 5.69. The van der Waals surface area contributed by atoms with E-state index in [0.717, 1.165) is 22.6 Å². The predicted molar refractivity (Wildman–Crippen MR) is 122 cm³/mol. The number of para-hydroxylation sites is 1. The molecule has 6 heteroatoms. The third-order valence-corrected chi connectivity index (χ3v) is 5.48. The van der Waals surface area contributed by atoms with Crippen LogP contribution >= 0.6 is 23.2 Å². The van der Waals surface area contributed by atoms with Crippen molar-refractivity contribution in [3.05, 3.63) is 112 Å². The minimum absolute atomic E-state index is 0.124. The lowest BCUT2D eigenvalue weighted by Crippen LogP contribution is -2.30. The van der Waals surface area contributed by atoms with E-state index in [4.69, 9.17) is 23.2 Å². The Morgan fingerprint density at radius 2 is 1.50 bits per heavy atom. The lowest BCUT2D eigenvalue weighted by Gasteiger charge is -2.23. The third kappa shape index (κ3) is 4.11. The van der Waals surface area contributed by atoms with Crippen molar-refractivity contribution >= 4 is 34.8 Å². The molecular weight excluding hydrogens is 417 g/mol. The Labute approximate surface area is 185 Å². The van der Waals surface area contributed by atoms with Crippen LogP contribution < -0.4 is 4.90 Å². The Bertz CT molecular complexity index is 1160. The summed E-state index contributed by atoms with van der Waals surface area (Å²) in [6.45, 7) is 2.18. The summed E-state index contributed by atoms with van der Waals surface area (Å²) in [5.41, 5.74) is 3.75. The van der Waals surface area contributed by atoms with Crippen LogP contribution in [0.4, 0.5) is 5.69 Å². The molecule has 0 aliphatic rings. The maximum atomic E-state index is 13.4. The number of hydrogen-bond acceptors (Lipinski definition) is 2. The molecule has 1 amide bonds. The fourth-order valence-electron chi connectivity index (χ4n) is 3.25. The fourth-order valence-corrected chi connectivity index (χ4v) is 3.71. The van der Waals surface area contributed by atoms with Crippen LogP contribution in [0.15, 0.2) is 84.9 Å². The Balaban J connectivity index is 1.75. The van der Waals surface area contributed by atoms with Gasteiger partial charge in [-0.1, -0.05) is 59.6 Å². The Morgan fingerprint density at radius 3 is 2.13 bits per heavy atom. The lowest BCUT2D eigenvalue weighted by atomic mass is 10.1. The highest BCUT2D eigenvalue weighted by Crippen LogP contribution is 2.28. The number of benzene rings is 3. The van der Waals surface area contributed by atoms with Gasteiger partial charge in [-0.05, 0) is 55.5 Å².